The van der Waals surface area contributed by atoms with Crippen molar-refractivity contribution in [3.63, 3.8) is 0 Å². The van der Waals surface area contributed by atoms with Crippen LogP contribution in [0.1, 0.15) is 16.1 Å². The molecule has 25 heavy (non-hydrogen) atoms. The van der Waals surface area contributed by atoms with Crippen LogP contribution in [-0.4, -0.2) is 24.0 Å². The van der Waals surface area contributed by atoms with E-state index in [-0.39, 0.29) is 18.0 Å². The van der Waals surface area contributed by atoms with E-state index in [1.54, 1.807) is 18.3 Å². The monoisotopic (exact) mass is 398 g/mol. The quantitative estimate of drug-likeness (QED) is 0.675. The van der Waals surface area contributed by atoms with Crippen molar-refractivity contribution >= 4 is 44.3 Å². The molecule has 0 atom stereocenters. The number of anilines is 1. The van der Waals surface area contributed by atoms with Gasteiger partial charge in [-0.15, -0.1) is 0 Å². The van der Waals surface area contributed by atoms with E-state index < -0.39 is 5.97 Å². The van der Waals surface area contributed by atoms with Crippen LogP contribution in [-0.2, 0) is 16.0 Å². The SMILES string of the molecule is COC(=O)c1cc2c(NC(=O)Cc3ccc(Br)cc3)cccc2cn1. The number of esters is 1. The minimum Gasteiger partial charge on any atom is -0.464 e. The highest BCUT2D eigenvalue weighted by atomic mass is 79.9. The molecule has 126 valence electrons. The topological polar surface area (TPSA) is 68.3 Å². The molecule has 0 saturated carbocycles. The Labute approximate surface area is 153 Å². The minimum absolute atomic E-state index is 0.133. The summed E-state index contributed by atoms with van der Waals surface area (Å²) >= 11 is 3.37. The van der Waals surface area contributed by atoms with Gasteiger partial charge in [0.1, 0.15) is 5.69 Å². The average Bonchev–Trinajstić information content (AvgIpc) is 2.63. The second kappa shape index (κ2) is 7.44. The number of hydrogen-bond donors (Lipinski definition) is 1. The number of rotatable bonds is 4. The molecule has 0 aliphatic rings. The van der Waals surface area contributed by atoms with E-state index in [2.05, 4.69) is 26.2 Å². The fraction of sp³-hybridized carbons (Fsp3) is 0.105. The van der Waals surface area contributed by atoms with Crippen molar-refractivity contribution in [1.82, 2.24) is 4.98 Å². The third-order valence-corrected chi connectivity index (χ3v) is 4.24. The summed E-state index contributed by atoms with van der Waals surface area (Å²) in [5.41, 5.74) is 1.75. The fourth-order valence-corrected chi connectivity index (χ4v) is 2.74. The smallest absolute Gasteiger partial charge is 0.356 e. The number of carbonyl (C=O) groups is 2. The van der Waals surface area contributed by atoms with E-state index in [4.69, 9.17) is 4.74 Å². The fourth-order valence-electron chi connectivity index (χ4n) is 2.48. The maximum Gasteiger partial charge on any atom is 0.356 e. The first-order valence-corrected chi connectivity index (χ1v) is 8.37. The third kappa shape index (κ3) is 4.03. The number of benzene rings is 2. The number of pyridine rings is 1. The van der Waals surface area contributed by atoms with E-state index >= 15 is 0 Å². The molecule has 0 aliphatic carbocycles. The Morgan fingerprint density at radius 2 is 1.92 bits per heavy atom. The number of hydrogen-bond acceptors (Lipinski definition) is 4. The first kappa shape index (κ1) is 17.1. The van der Waals surface area contributed by atoms with Crippen LogP contribution < -0.4 is 5.32 Å². The van der Waals surface area contributed by atoms with E-state index in [1.807, 2.05) is 36.4 Å². The molecule has 1 heterocycles. The van der Waals surface area contributed by atoms with Gasteiger partial charge in [0.15, 0.2) is 0 Å². The lowest BCUT2D eigenvalue weighted by atomic mass is 10.1. The lowest BCUT2D eigenvalue weighted by molar-refractivity contribution is -0.115. The van der Waals surface area contributed by atoms with Gasteiger partial charge in [-0.25, -0.2) is 9.78 Å². The van der Waals surface area contributed by atoms with Gasteiger partial charge >= 0.3 is 5.97 Å². The molecule has 2 aromatic carbocycles. The molecule has 0 bridgehead atoms. The zero-order valence-electron chi connectivity index (χ0n) is 13.5. The number of nitrogens with one attached hydrogen (secondary N) is 1. The van der Waals surface area contributed by atoms with Crippen molar-refractivity contribution in [1.29, 1.82) is 0 Å². The van der Waals surface area contributed by atoms with Gasteiger partial charge in [0.25, 0.3) is 0 Å². The van der Waals surface area contributed by atoms with Crippen molar-refractivity contribution in [2.45, 2.75) is 6.42 Å². The number of fused-ring (bicyclic) bond motifs is 1. The summed E-state index contributed by atoms with van der Waals surface area (Å²) in [6, 6.07) is 14.7. The minimum atomic E-state index is -0.516. The van der Waals surface area contributed by atoms with Crippen LogP contribution in [0.15, 0.2) is 59.2 Å². The number of halogens is 1. The zero-order chi connectivity index (χ0) is 17.8. The van der Waals surface area contributed by atoms with Crippen molar-refractivity contribution in [2.24, 2.45) is 0 Å². The van der Waals surface area contributed by atoms with Gasteiger partial charge in [-0.05, 0) is 29.8 Å². The lowest BCUT2D eigenvalue weighted by Gasteiger charge is -2.10. The van der Waals surface area contributed by atoms with Crippen molar-refractivity contribution < 1.29 is 14.3 Å². The number of amides is 1. The summed E-state index contributed by atoms with van der Waals surface area (Å²) in [7, 11) is 1.31. The van der Waals surface area contributed by atoms with Gasteiger partial charge < -0.3 is 10.1 Å². The Bertz CT molecular complexity index is 939. The molecule has 3 rings (SSSR count). The second-order valence-electron chi connectivity index (χ2n) is 5.44. The Kier molecular flexibility index (Phi) is 5.09. The molecular formula is C19H15BrN2O3. The summed E-state index contributed by atoms with van der Waals surface area (Å²) in [5.74, 6) is -0.649. The highest BCUT2D eigenvalue weighted by Crippen LogP contribution is 2.24. The number of carbonyl (C=O) groups excluding carboxylic acids is 2. The average molecular weight is 399 g/mol. The van der Waals surface area contributed by atoms with Crippen LogP contribution in [0.2, 0.25) is 0 Å². The van der Waals surface area contributed by atoms with Crippen LogP contribution in [0.5, 0.6) is 0 Å². The number of aromatic nitrogens is 1. The van der Waals surface area contributed by atoms with E-state index in [9.17, 15) is 9.59 Å². The summed E-state index contributed by atoms with van der Waals surface area (Å²) in [5, 5.41) is 4.47. The Balaban J connectivity index is 1.85. The van der Waals surface area contributed by atoms with Crippen molar-refractivity contribution in [3.05, 3.63) is 70.5 Å². The van der Waals surface area contributed by atoms with E-state index in [1.165, 1.54) is 7.11 Å². The summed E-state index contributed by atoms with van der Waals surface area (Å²) in [4.78, 5) is 28.1. The van der Waals surface area contributed by atoms with Gasteiger partial charge in [-0.1, -0.05) is 40.2 Å². The van der Waals surface area contributed by atoms with Gasteiger partial charge in [0.05, 0.1) is 13.5 Å². The van der Waals surface area contributed by atoms with E-state index in [0.717, 1.165) is 20.8 Å². The Morgan fingerprint density at radius 1 is 1.16 bits per heavy atom. The van der Waals surface area contributed by atoms with Crippen LogP contribution in [0.4, 0.5) is 5.69 Å². The highest BCUT2D eigenvalue weighted by molar-refractivity contribution is 9.10. The maximum atomic E-state index is 12.4. The molecule has 0 saturated heterocycles. The lowest BCUT2D eigenvalue weighted by Crippen LogP contribution is -2.14. The molecular weight excluding hydrogens is 384 g/mol. The summed E-state index contributed by atoms with van der Waals surface area (Å²) in [6.07, 6.45) is 1.85. The zero-order valence-corrected chi connectivity index (χ0v) is 15.0. The molecule has 3 aromatic rings. The largest absolute Gasteiger partial charge is 0.464 e. The summed E-state index contributed by atoms with van der Waals surface area (Å²) < 4.78 is 5.67. The maximum absolute atomic E-state index is 12.4. The van der Waals surface area contributed by atoms with Gasteiger partial charge in [0, 0.05) is 27.1 Å². The van der Waals surface area contributed by atoms with Crippen LogP contribution >= 0.6 is 15.9 Å². The molecule has 6 heteroatoms. The predicted molar refractivity (Wildman–Crippen MR) is 99.6 cm³/mol. The van der Waals surface area contributed by atoms with Gasteiger partial charge in [-0.2, -0.15) is 0 Å². The second-order valence-corrected chi connectivity index (χ2v) is 6.35. The Hall–Kier alpha value is -2.73. The molecule has 0 spiro atoms. The number of ether oxygens (including phenoxy) is 1. The highest BCUT2D eigenvalue weighted by Gasteiger charge is 2.11. The van der Waals surface area contributed by atoms with Crippen LogP contribution in [0, 0.1) is 0 Å². The molecule has 0 aliphatic heterocycles. The van der Waals surface area contributed by atoms with Gasteiger partial charge in [-0.3, -0.25) is 4.79 Å². The normalized spacial score (nSPS) is 10.5. The molecule has 5 nitrogen and oxygen atoms in total. The van der Waals surface area contributed by atoms with Crippen molar-refractivity contribution in [3.8, 4) is 0 Å². The number of methoxy groups -OCH3 is 1. The first-order valence-electron chi connectivity index (χ1n) is 7.58. The molecule has 1 aromatic heterocycles. The molecule has 0 unspecified atom stereocenters. The number of nitrogens with zero attached hydrogens (tertiary/aromatic N) is 1. The molecule has 0 fully saturated rings. The van der Waals surface area contributed by atoms with Gasteiger partial charge in [0.2, 0.25) is 5.91 Å². The Morgan fingerprint density at radius 3 is 2.64 bits per heavy atom. The molecule has 1 amide bonds. The standard InChI is InChI=1S/C19H15BrN2O3/c1-25-19(24)17-10-15-13(11-21-17)3-2-4-16(15)22-18(23)9-12-5-7-14(20)8-6-12/h2-8,10-11H,9H2,1H3,(H,22,23). The predicted octanol–water partition coefficient (Wildman–Crippen LogP) is 3.97. The van der Waals surface area contributed by atoms with Crippen LogP contribution in [0.25, 0.3) is 10.8 Å². The van der Waals surface area contributed by atoms with E-state index in [0.29, 0.717) is 5.69 Å². The summed E-state index contributed by atoms with van der Waals surface area (Å²) in [6.45, 7) is 0. The third-order valence-electron chi connectivity index (χ3n) is 3.71. The molecule has 1 N–H and O–H groups in total. The molecule has 0 radical (unpaired) electrons. The first-order chi connectivity index (χ1) is 12.1. The van der Waals surface area contributed by atoms with Crippen LogP contribution in [0.3, 0.4) is 0 Å². The van der Waals surface area contributed by atoms with Crippen molar-refractivity contribution in [2.75, 3.05) is 12.4 Å².